The van der Waals surface area contributed by atoms with Crippen molar-refractivity contribution in [3.63, 3.8) is 0 Å². The molecule has 0 aromatic carbocycles. The van der Waals surface area contributed by atoms with Crippen molar-refractivity contribution in [2.75, 3.05) is 19.6 Å². The van der Waals surface area contributed by atoms with Crippen molar-refractivity contribution < 1.29 is 4.79 Å². The Bertz CT molecular complexity index is 466. The zero-order chi connectivity index (χ0) is 12.3. The van der Waals surface area contributed by atoms with E-state index in [0.717, 1.165) is 6.54 Å². The number of hydrogen-bond acceptors (Lipinski definition) is 4. The van der Waals surface area contributed by atoms with Crippen molar-refractivity contribution in [1.29, 1.82) is 5.26 Å². The van der Waals surface area contributed by atoms with Gasteiger partial charge in [-0.2, -0.15) is 5.26 Å². The fraction of sp³-hybridized carbons (Fsp3) is 0.417. The third-order valence-electron chi connectivity index (χ3n) is 2.89. The summed E-state index contributed by atoms with van der Waals surface area (Å²) in [6.07, 6.45) is 1.66. The van der Waals surface area contributed by atoms with Crippen LogP contribution in [0.2, 0.25) is 0 Å². The van der Waals surface area contributed by atoms with Gasteiger partial charge >= 0.3 is 0 Å². The molecule has 5 nitrogen and oxygen atoms in total. The lowest BCUT2D eigenvalue weighted by atomic mass is 10.1. The molecule has 1 amide bonds. The zero-order valence-corrected chi connectivity index (χ0v) is 9.68. The second-order valence-electron chi connectivity index (χ2n) is 3.98. The highest BCUT2D eigenvalue weighted by Gasteiger charge is 2.27. The molecule has 1 unspecified atom stereocenters. The third-order valence-corrected chi connectivity index (χ3v) is 2.89. The van der Waals surface area contributed by atoms with Crippen LogP contribution in [0, 0.1) is 18.3 Å². The second kappa shape index (κ2) is 4.93. The first-order valence-electron chi connectivity index (χ1n) is 5.57. The molecule has 0 spiro atoms. The number of nitrogens with zero attached hydrogens (tertiary/aromatic N) is 3. The van der Waals surface area contributed by atoms with E-state index in [4.69, 9.17) is 5.26 Å². The summed E-state index contributed by atoms with van der Waals surface area (Å²) in [5.74, 6) is -0.108. The van der Waals surface area contributed by atoms with Gasteiger partial charge in [0, 0.05) is 31.5 Å². The van der Waals surface area contributed by atoms with Gasteiger partial charge in [0.2, 0.25) is 0 Å². The van der Waals surface area contributed by atoms with Gasteiger partial charge < -0.3 is 10.2 Å². The predicted molar refractivity (Wildman–Crippen MR) is 62.3 cm³/mol. The molecule has 88 valence electrons. The molecule has 0 radical (unpaired) electrons. The van der Waals surface area contributed by atoms with Gasteiger partial charge in [0.25, 0.3) is 5.91 Å². The molecule has 5 heteroatoms. The number of piperazine rings is 1. The maximum absolute atomic E-state index is 12.3. The van der Waals surface area contributed by atoms with E-state index in [1.54, 1.807) is 30.2 Å². The van der Waals surface area contributed by atoms with Gasteiger partial charge in [-0.25, -0.2) is 0 Å². The molecule has 1 aromatic rings. The summed E-state index contributed by atoms with van der Waals surface area (Å²) in [7, 11) is 0. The van der Waals surface area contributed by atoms with Crippen molar-refractivity contribution in [3.05, 3.63) is 29.6 Å². The summed E-state index contributed by atoms with van der Waals surface area (Å²) >= 11 is 0. The Balaban J connectivity index is 2.25. The van der Waals surface area contributed by atoms with Crippen LogP contribution in [0.15, 0.2) is 18.3 Å². The molecule has 1 aliphatic rings. The highest BCUT2D eigenvalue weighted by molar-refractivity contribution is 5.95. The van der Waals surface area contributed by atoms with E-state index in [9.17, 15) is 4.79 Å². The summed E-state index contributed by atoms with van der Waals surface area (Å²) in [5, 5.41) is 12.1. The quantitative estimate of drug-likeness (QED) is 0.754. The molecule has 1 N–H and O–H groups in total. The minimum atomic E-state index is -0.393. The minimum Gasteiger partial charge on any atom is -0.320 e. The highest BCUT2D eigenvalue weighted by atomic mass is 16.2. The normalized spacial score (nSPS) is 19.8. The van der Waals surface area contributed by atoms with Crippen molar-refractivity contribution in [2.24, 2.45) is 0 Å². The number of nitrogens with one attached hydrogen (secondary N) is 1. The van der Waals surface area contributed by atoms with Crippen LogP contribution in [-0.2, 0) is 0 Å². The van der Waals surface area contributed by atoms with Gasteiger partial charge in [0.1, 0.15) is 6.04 Å². The molecule has 2 heterocycles. The molecule has 0 aliphatic carbocycles. The summed E-state index contributed by atoms with van der Waals surface area (Å²) in [4.78, 5) is 18.0. The van der Waals surface area contributed by atoms with E-state index in [1.807, 2.05) is 0 Å². The summed E-state index contributed by atoms with van der Waals surface area (Å²) < 4.78 is 0. The first-order chi connectivity index (χ1) is 8.24. The number of aryl methyl sites for hydroxylation is 1. The summed E-state index contributed by atoms with van der Waals surface area (Å²) in [6, 6.07) is 5.24. The number of pyridine rings is 1. The molecule has 1 fully saturated rings. The Morgan fingerprint density at radius 1 is 1.71 bits per heavy atom. The topological polar surface area (TPSA) is 69.0 Å². The Kier molecular flexibility index (Phi) is 3.35. The molecule has 17 heavy (non-hydrogen) atoms. The first-order valence-corrected chi connectivity index (χ1v) is 5.57. The van der Waals surface area contributed by atoms with Crippen LogP contribution in [0.25, 0.3) is 0 Å². The zero-order valence-electron chi connectivity index (χ0n) is 9.68. The van der Waals surface area contributed by atoms with Crippen LogP contribution in [0.4, 0.5) is 0 Å². The molecule has 1 saturated heterocycles. The number of aromatic nitrogens is 1. The van der Waals surface area contributed by atoms with Crippen molar-refractivity contribution in [3.8, 4) is 6.07 Å². The van der Waals surface area contributed by atoms with Crippen LogP contribution in [-0.4, -0.2) is 41.5 Å². The van der Waals surface area contributed by atoms with Gasteiger partial charge in [-0.3, -0.25) is 9.78 Å². The number of hydrogen-bond donors (Lipinski definition) is 1. The smallest absolute Gasteiger partial charge is 0.256 e. The van der Waals surface area contributed by atoms with Crippen LogP contribution >= 0.6 is 0 Å². The second-order valence-corrected chi connectivity index (χ2v) is 3.98. The number of carbonyl (C=O) groups excluding carboxylic acids is 1. The standard InChI is InChI=1S/C12H14N4O/c1-9-11(3-2-4-15-9)12(17)16-6-5-14-8-10(16)7-13/h2-4,10,14H,5-6,8H2,1H3. The lowest BCUT2D eigenvalue weighted by molar-refractivity contribution is 0.0686. The molecule has 0 saturated carbocycles. The SMILES string of the molecule is Cc1ncccc1C(=O)N1CCNCC1C#N. The molecule has 1 aliphatic heterocycles. The Labute approximate surface area is 100 Å². The van der Waals surface area contributed by atoms with Gasteiger partial charge in [-0.15, -0.1) is 0 Å². The van der Waals surface area contributed by atoms with E-state index in [0.29, 0.717) is 24.3 Å². The number of nitriles is 1. The largest absolute Gasteiger partial charge is 0.320 e. The average Bonchev–Trinajstić information content (AvgIpc) is 2.38. The molecule has 2 rings (SSSR count). The van der Waals surface area contributed by atoms with Gasteiger partial charge in [-0.05, 0) is 19.1 Å². The van der Waals surface area contributed by atoms with Crippen molar-refractivity contribution >= 4 is 5.91 Å². The van der Waals surface area contributed by atoms with Gasteiger partial charge in [0.05, 0.1) is 11.6 Å². The predicted octanol–water partition coefficient (Wildman–Crippen LogP) is 0.328. The lowest BCUT2D eigenvalue weighted by Gasteiger charge is -2.32. The van der Waals surface area contributed by atoms with Crippen LogP contribution in [0.3, 0.4) is 0 Å². The molecule has 1 atom stereocenters. The van der Waals surface area contributed by atoms with Crippen LogP contribution < -0.4 is 5.32 Å². The van der Waals surface area contributed by atoms with Crippen molar-refractivity contribution in [2.45, 2.75) is 13.0 Å². The first kappa shape index (κ1) is 11.6. The van der Waals surface area contributed by atoms with Crippen molar-refractivity contribution in [1.82, 2.24) is 15.2 Å². The Hall–Kier alpha value is -1.93. The molecule has 1 aromatic heterocycles. The Morgan fingerprint density at radius 3 is 3.24 bits per heavy atom. The fourth-order valence-corrected chi connectivity index (χ4v) is 1.93. The minimum absolute atomic E-state index is 0.108. The summed E-state index contributed by atoms with van der Waals surface area (Å²) in [6.45, 7) is 3.62. The fourth-order valence-electron chi connectivity index (χ4n) is 1.93. The van der Waals surface area contributed by atoms with Gasteiger partial charge in [0.15, 0.2) is 0 Å². The molecular weight excluding hydrogens is 216 g/mol. The summed E-state index contributed by atoms with van der Waals surface area (Å²) in [5.41, 5.74) is 1.28. The number of amides is 1. The maximum atomic E-state index is 12.3. The number of carbonyl (C=O) groups is 1. The monoisotopic (exact) mass is 230 g/mol. The van der Waals surface area contributed by atoms with Crippen LogP contribution in [0.5, 0.6) is 0 Å². The van der Waals surface area contributed by atoms with E-state index < -0.39 is 6.04 Å². The van der Waals surface area contributed by atoms with E-state index >= 15 is 0 Å². The molecule has 0 bridgehead atoms. The van der Waals surface area contributed by atoms with E-state index in [-0.39, 0.29) is 5.91 Å². The van der Waals surface area contributed by atoms with Crippen LogP contribution in [0.1, 0.15) is 16.1 Å². The van der Waals surface area contributed by atoms with E-state index in [1.165, 1.54) is 0 Å². The maximum Gasteiger partial charge on any atom is 0.256 e. The highest BCUT2D eigenvalue weighted by Crippen LogP contribution is 2.12. The van der Waals surface area contributed by atoms with E-state index in [2.05, 4.69) is 16.4 Å². The third kappa shape index (κ3) is 2.27. The lowest BCUT2D eigenvalue weighted by Crippen LogP contribution is -2.53. The average molecular weight is 230 g/mol. The Morgan fingerprint density at radius 2 is 2.53 bits per heavy atom. The molecular formula is C12H14N4O. The van der Waals surface area contributed by atoms with Gasteiger partial charge in [-0.1, -0.05) is 0 Å². The number of rotatable bonds is 1.